The summed E-state index contributed by atoms with van der Waals surface area (Å²) in [5.74, 6) is 0.605. The summed E-state index contributed by atoms with van der Waals surface area (Å²) in [6.45, 7) is 3.19. The van der Waals surface area contributed by atoms with Crippen molar-refractivity contribution in [3.05, 3.63) is 0 Å². The summed E-state index contributed by atoms with van der Waals surface area (Å²) in [7, 11) is 1.45. The van der Waals surface area contributed by atoms with Crippen molar-refractivity contribution < 1.29 is 9.53 Å². The molecule has 3 atom stereocenters. The largest absolute Gasteiger partial charge is 0.468 e. The van der Waals surface area contributed by atoms with E-state index in [1.165, 1.54) is 13.5 Å². The van der Waals surface area contributed by atoms with E-state index in [9.17, 15) is 4.79 Å². The van der Waals surface area contributed by atoms with Gasteiger partial charge in [-0.15, -0.1) is 0 Å². The van der Waals surface area contributed by atoms with Crippen LogP contribution in [-0.4, -0.2) is 25.7 Å². The van der Waals surface area contributed by atoms with Crippen molar-refractivity contribution >= 4 is 5.97 Å². The maximum Gasteiger partial charge on any atom is 0.323 e. The highest BCUT2D eigenvalue weighted by Gasteiger charge is 2.64. The lowest BCUT2D eigenvalue weighted by atomic mass is 9.86. The lowest BCUT2D eigenvalue weighted by Crippen LogP contribution is -2.60. The monoisotopic (exact) mass is 155 g/mol. The van der Waals surface area contributed by atoms with E-state index in [4.69, 9.17) is 0 Å². The molecule has 2 fully saturated rings. The van der Waals surface area contributed by atoms with E-state index < -0.39 is 0 Å². The van der Waals surface area contributed by atoms with Crippen LogP contribution in [0, 0.1) is 11.3 Å². The van der Waals surface area contributed by atoms with E-state index in [-0.39, 0.29) is 17.4 Å². The van der Waals surface area contributed by atoms with Crippen molar-refractivity contribution in [3.63, 3.8) is 0 Å². The van der Waals surface area contributed by atoms with Crippen LogP contribution >= 0.6 is 0 Å². The van der Waals surface area contributed by atoms with E-state index >= 15 is 0 Å². The first-order valence-corrected chi connectivity index (χ1v) is 4.02. The topological polar surface area (TPSA) is 38.3 Å². The highest BCUT2D eigenvalue weighted by atomic mass is 16.5. The molecule has 1 heterocycles. The average molecular weight is 155 g/mol. The molecule has 0 bridgehead atoms. The predicted molar refractivity (Wildman–Crippen MR) is 40.0 cm³/mol. The van der Waals surface area contributed by atoms with Gasteiger partial charge in [-0.3, -0.25) is 4.79 Å². The Kier molecular flexibility index (Phi) is 1.27. The van der Waals surface area contributed by atoms with Crippen molar-refractivity contribution in [2.24, 2.45) is 11.3 Å². The van der Waals surface area contributed by atoms with Gasteiger partial charge >= 0.3 is 5.97 Å². The first-order valence-electron chi connectivity index (χ1n) is 4.02. The highest BCUT2D eigenvalue weighted by Crippen LogP contribution is 2.58. The summed E-state index contributed by atoms with van der Waals surface area (Å²) >= 11 is 0. The number of esters is 1. The van der Waals surface area contributed by atoms with Crippen molar-refractivity contribution in [2.45, 2.75) is 19.4 Å². The molecule has 3 heteroatoms. The van der Waals surface area contributed by atoms with Gasteiger partial charge < -0.3 is 10.1 Å². The third kappa shape index (κ3) is 0.745. The fourth-order valence-corrected chi connectivity index (χ4v) is 2.06. The fraction of sp³-hybridized carbons (Fsp3) is 0.875. The summed E-state index contributed by atoms with van der Waals surface area (Å²) in [4.78, 5) is 11.1. The number of carbonyl (C=O) groups excluding carboxylic acids is 1. The Labute approximate surface area is 66.1 Å². The SMILES string of the molecule is COC(=O)C1NCC12CC2C. The summed E-state index contributed by atoms with van der Waals surface area (Å²) in [6, 6.07) is -0.0116. The zero-order chi connectivity index (χ0) is 8.06. The molecule has 0 amide bonds. The molecule has 2 aliphatic rings. The van der Waals surface area contributed by atoms with Gasteiger partial charge in [0.25, 0.3) is 0 Å². The molecule has 3 unspecified atom stereocenters. The molecule has 0 aromatic rings. The van der Waals surface area contributed by atoms with Crippen molar-refractivity contribution in [3.8, 4) is 0 Å². The van der Waals surface area contributed by atoms with Gasteiger partial charge in [0, 0.05) is 12.0 Å². The van der Waals surface area contributed by atoms with Crippen LogP contribution in [0.25, 0.3) is 0 Å². The van der Waals surface area contributed by atoms with Gasteiger partial charge in [0.1, 0.15) is 6.04 Å². The number of ether oxygens (including phenoxy) is 1. The highest BCUT2D eigenvalue weighted by molar-refractivity contribution is 5.79. The van der Waals surface area contributed by atoms with E-state index in [0.29, 0.717) is 5.92 Å². The molecular formula is C8H13NO2. The van der Waals surface area contributed by atoms with Gasteiger partial charge in [-0.2, -0.15) is 0 Å². The lowest BCUT2D eigenvalue weighted by molar-refractivity contribution is -0.148. The van der Waals surface area contributed by atoms with Crippen molar-refractivity contribution in [2.75, 3.05) is 13.7 Å². The molecule has 0 radical (unpaired) electrons. The quantitative estimate of drug-likeness (QED) is 0.548. The van der Waals surface area contributed by atoms with Crippen molar-refractivity contribution in [1.82, 2.24) is 5.32 Å². The Morgan fingerprint density at radius 2 is 2.36 bits per heavy atom. The van der Waals surface area contributed by atoms with Crippen LogP contribution < -0.4 is 5.32 Å². The second kappa shape index (κ2) is 1.97. The zero-order valence-corrected chi connectivity index (χ0v) is 6.89. The van der Waals surface area contributed by atoms with Crippen LogP contribution in [0.4, 0.5) is 0 Å². The van der Waals surface area contributed by atoms with E-state index in [2.05, 4.69) is 17.0 Å². The minimum absolute atomic E-state index is 0.0116. The van der Waals surface area contributed by atoms with E-state index in [1.54, 1.807) is 0 Å². The van der Waals surface area contributed by atoms with Gasteiger partial charge in [0.2, 0.25) is 0 Å². The summed E-state index contributed by atoms with van der Waals surface area (Å²) in [6.07, 6.45) is 1.18. The molecule has 1 saturated heterocycles. The number of nitrogens with one attached hydrogen (secondary N) is 1. The number of hydrogen-bond acceptors (Lipinski definition) is 3. The molecular weight excluding hydrogens is 142 g/mol. The third-order valence-corrected chi connectivity index (χ3v) is 3.15. The second-order valence-electron chi connectivity index (χ2n) is 3.68. The Balaban J connectivity index is 2.02. The summed E-state index contributed by atoms with van der Waals surface area (Å²) < 4.78 is 4.68. The normalized spacial score (nSPS) is 46.7. The number of hydrogen-bond donors (Lipinski definition) is 1. The van der Waals surface area contributed by atoms with Gasteiger partial charge in [-0.05, 0) is 12.3 Å². The Hall–Kier alpha value is -0.570. The number of methoxy groups -OCH3 is 1. The van der Waals surface area contributed by atoms with Gasteiger partial charge in [-0.25, -0.2) is 0 Å². The molecule has 11 heavy (non-hydrogen) atoms. The van der Waals surface area contributed by atoms with Crippen LogP contribution in [0.1, 0.15) is 13.3 Å². The summed E-state index contributed by atoms with van der Waals surface area (Å²) in [5.41, 5.74) is 0.285. The maximum atomic E-state index is 11.1. The molecule has 0 aromatic carbocycles. The Morgan fingerprint density at radius 3 is 2.64 bits per heavy atom. The standard InChI is InChI=1S/C8H13NO2/c1-5-3-8(5)4-9-6(8)7(10)11-2/h5-6,9H,3-4H2,1-2H3. The number of carbonyl (C=O) groups is 1. The van der Waals surface area contributed by atoms with E-state index in [1.807, 2.05) is 0 Å². The predicted octanol–water partition coefficient (Wildman–Crippen LogP) is 0.157. The molecule has 1 aliphatic heterocycles. The molecule has 1 aliphatic carbocycles. The first-order chi connectivity index (χ1) is 5.20. The average Bonchev–Trinajstić information content (AvgIpc) is 2.62. The number of rotatable bonds is 1. The minimum Gasteiger partial charge on any atom is -0.468 e. The molecule has 3 nitrogen and oxygen atoms in total. The van der Waals surface area contributed by atoms with Gasteiger partial charge in [-0.1, -0.05) is 6.92 Å². The fourth-order valence-electron chi connectivity index (χ4n) is 2.06. The molecule has 0 aromatic heterocycles. The van der Waals surface area contributed by atoms with Crippen LogP contribution in [0.5, 0.6) is 0 Å². The Morgan fingerprint density at radius 1 is 1.73 bits per heavy atom. The van der Waals surface area contributed by atoms with Gasteiger partial charge in [0.05, 0.1) is 7.11 Å². The third-order valence-electron chi connectivity index (χ3n) is 3.15. The lowest BCUT2D eigenvalue weighted by Gasteiger charge is -2.37. The molecule has 1 spiro atoms. The van der Waals surface area contributed by atoms with Crippen LogP contribution in [-0.2, 0) is 9.53 Å². The molecule has 2 rings (SSSR count). The first kappa shape index (κ1) is 7.10. The Bertz CT molecular complexity index is 200. The van der Waals surface area contributed by atoms with Crippen molar-refractivity contribution in [1.29, 1.82) is 0 Å². The van der Waals surface area contributed by atoms with Crippen LogP contribution in [0.3, 0.4) is 0 Å². The van der Waals surface area contributed by atoms with Crippen LogP contribution in [0.15, 0.2) is 0 Å². The minimum atomic E-state index is -0.0967. The molecule has 1 N–H and O–H groups in total. The second-order valence-corrected chi connectivity index (χ2v) is 3.68. The van der Waals surface area contributed by atoms with Crippen LogP contribution in [0.2, 0.25) is 0 Å². The molecule has 1 saturated carbocycles. The van der Waals surface area contributed by atoms with E-state index in [0.717, 1.165) is 6.54 Å². The maximum absolute atomic E-state index is 11.1. The zero-order valence-electron chi connectivity index (χ0n) is 6.89. The molecule has 62 valence electrons. The summed E-state index contributed by atoms with van der Waals surface area (Å²) in [5, 5.41) is 3.10. The van der Waals surface area contributed by atoms with Gasteiger partial charge in [0.15, 0.2) is 0 Å². The smallest absolute Gasteiger partial charge is 0.323 e.